The minimum atomic E-state index is -4.63. The van der Waals surface area contributed by atoms with Crippen molar-refractivity contribution >= 4 is 21.4 Å². The summed E-state index contributed by atoms with van der Waals surface area (Å²) >= 11 is 0. The fourth-order valence-electron chi connectivity index (χ4n) is 1.58. The van der Waals surface area contributed by atoms with Crippen LogP contribution >= 0.6 is 0 Å². The summed E-state index contributed by atoms with van der Waals surface area (Å²) in [5, 5.41) is 18.9. The highest BCUT2D eigenvalue weighted by Crippen LogP contribution is 2.39. The van der Waals surface area contributed by atoms with Gasteiger partial charge in [-0.25, -0.2) is 12.8 Å². The van der Waals surface area contributed by atoms with Crippen molar-refractivity contribution in [3.05, 3.63) is 17.7 Å². The second-order valence-corrected chi connectivity index (χ2v) is 8.91. The van der Waals surface area contributed by atoms with E-state index in [1.165, 1.54) is 6.07 Å². The summed E-state index contributed by atoms with van der Waals surface area (Å²) in [5.41, 5.74) is -1.40. The molecule has 8 heteroatoms. The van der Waals surface area contributed by atoms with Gasteiger partial charge in [-0.3, -0.25) is 4.79 Å². The standard InChI is InChI=1S/C15H19FN2O4S/c1-14(2,3)13(20)18-10-7-6-9(8-17)12(11(10)19)23(21,22)15(4,5)16/h6-7,19H,1-5H3,(H,18,20). The number of carbonyl (C=O) groups is 1. The minimum absolute atomic E-state index is 0.202. The predicted molar refractivity (Wildman–Crippen MR) is 83.3 cm³/mol. The van der Waals surface area contributed by atoms with Crippen molar-refractivity contribution in [3.63, 3.8) is 0 Å². The van der Waals surface area contributed by atoms with Gasteiger partial charge in [0.2, 0.25) is 20.7 Å². The molecule has 0 heterocycles. The minimum Gasteiger partial charge on any atom is -0.504 e. The Morgan fingerprint density at radius 1 is 1.26 bits per heavy atom. The number of nitrogens with one attached hydrogen (secondary N) is 1. The Kier molecular flexibility index (Phi) is 4.78. The second-order valence-electron chi connectivity index (χ2n) is 6.52. The first kappa shape index (κ1) is 18.9. The molecule has 0 aliphatic rings. The number of phenols is 1. The van der Waals surface area contributed by atoms with E-state index in [1.807, 2.05) is 0 Å². The van der Waals surface area contributed by atoms with Gasteiger partial charge >= 0.3 is 0 Å². The topological polar surface area (TPSA) is 107 Å². The maximum atomic E-state index is 14.0. The Bertz CT molecular complexity index is 781. The predicted octanol–water partition coefficient (Wildman–Crippen LogP) is 2.73. The Morgan fingerprint density at radius 3 is 2.17 bits per heavy atom. The van der Waals surface area contributed by atoms with Crippen molar-refractivity contribution in [2.75, 3.05) is 5.32 Å². The van der Waals surface area contributed by atoms with Gasteiger partial charge in [0.25, 0.3) is 0 Å². The number of nitrogens with zero attached hydrogens (tertiary/aromatic N) is 1. The summed E-state index contributed by atoms with van der Waals surface area (Å²) in [6.45, 7) is 6.51. The number of hydrogen-bond acceptors (Lipinski definition) is 5. The van der Waals surface area contributed by atoms with Crippen molar-refractivity contribution in [2.24, 2.45) is 5.41 Å². The number of amides is 1. The molecule has 0 saturated heterocycles. The third kappa shape index (κ3) is 3.62. The average Bonchev–Trinajstić information content (AvgIpc) is 2.37. The van der Waals surface area contributed by atoms with Crippen molar-refractivity contribution in [1.82, 2.24) is 0 Å². The molecule has 0 bridgehead atoms. The monoisotopic (exact) mass is 342 g/mol. The number of anilines is 1. The Morgan fingerprint density at radius 2 is 1.78 bits per heavy atom. The van der Waals surface area contributed by atoms with E-state index in [0.717, 1.165) is 19.9 Å². The third-order valence-corrected chi connectivity index (χ3v) is 5.32. The number of sulfone groups is 1. The van der Waals surface area contributed by atoms with Crippen LogP contribution in [0.3, 0.4) is 0 Å². The van der Waals surface area contributed by atoms with Gasteiger partial charge in [-0.05, 0) is 26.0 Å². The zero-order valence-electron chi connectivity index (χ0n) is 13.6. The fraction of sp³-hybridized carbons (Fsp3) is 0.467. The highest BCUT2D eigenvalue weighted by Gasteiger charge is 2.40. The zero-order chi connectivity index (χ0) is 18.2. The van der Waals surface area contributed by atoms with Crippen LogP contribution in [0.5, 0.6) is 5.75 Å². The van der Waals surface area contributed by atoms with E-state index in [-0.39, 0.29) is 5.69 Å². The van der Waals surface area contributed by atoms with Crippen molar-refractivity contribution in [2.45, 2.75) is 44.5 Å². The molecular formula is C15H19FN2O4S. The van der Waals surface area contributed by atoms with E-state index in [1.54, 1.807) is 26.8 Å². The van der Waals surface area contributed by atoms with E-state index >= 15 is 0 Å². The summed E-state index contributed by atoms with van der Waals surface area (Å²) in [5.74, 6) is -1.33. The van der Waals surface area contributed by atoms with E-state index in [9.17, 15) is 22.7 Å². The van der Waals surface area contributed by atoms with Gasteiger partial charge in [0.15, 0.2) is 5.75 Å². The average molecular weight is 342 g/mol. The second kappa shape index (κ2) is 5.81. The fourth-order valence-corrected chi connectivity index (χ4v) is 2.84. The molecule has 1 aromatic carbocycles. The molecule has 0 spiro atoms. The Hall–Kier alpha value is -2.14. The first-order chi connectivity index (χ1) is 10.2. The van der Waals surface area contributed by atoms with Crippen LogP contribution in [0.2, 0.25) is 0 Å². The Labute approximate surface area is 134 Å². The molecule has 23 heavy (non-hydrogen) atoms. The van der Waals surface area contributed by atoms with E-state index in [4.69, 9.17) is 5.26 Å². The number of rotatable bonds is 3. The molecule has 0 atom stereocenters. The van der Waals surface area contributed by atoms with Gasteiger partial charge in [0.05, 0.1) is 11.3 Å². The maximum absolute atomic E-state index is 14.0. The molecule has 1 aromatic rings. The molecule has 126 valence electrons. The summed E-state index contributed by atoms with van der Waals surface area (Å²) in [7, 11) is -4.63. The SMILES string of the molecule is CC(C)(C)C(=O)Nc1ccc(C#N)c(S(=O)(=O)C(C)(C)F)c1O. The maximum Gasteiger partial charge on any atom is 0.229 e. The van der Waals surface area contributed by atoms with Gasteiger partial charge in [-0.2, -0.15) is 5.26 Å². The first-order valence-electron chi connectivity index (χ1n) is 6.74. The molecule has 1 amide bonds. The summed E-state index contributed by atoms with van der Waals surface area (Å²) in [6, 6.07) is 3.91. The van der Waals surface area contributed by atoms with Gasteiger partial charge in [-0.15, -0.1) is 0 Å². The van der Waals surface area contributed by atoms with E-state index < -0.39 is 42.4 Å². The van der Waals surface area contributed by atoms with Gasteiger partial charge < -0.3 is 10.4 Å². The number of alkyl halides is 1. The van der Waals surface area contributed by atoms with Crippen LogP contribution < -0.4 is 5.32 Å². The smallest absolute Gasteiger partial charge is 0.229 e. The van der Waals surface area contributed by atoms with Crippen molar-refractivity contribution in [3.8, 4) is 11.8 Å². The van der Waals surface area contributed by atoms with E-state index in [0.29, 0.717) is 0 Å². The van der Waals surface area contributed by atoms with Crippen LogP contribution in [0.4, 0.5) is 10.1 Å². The number of aromatic hydroxyl groups is 1. The zero-order valence-corrected chi connectivity index (χ0v) is 14.4. The molecule has 0 radical (unpaired) electrons. The van der Waals surface area contributed by atoms with Crippen LogP contribution in [-0.2, 0) is 14.6 Å². The summed E-state index contributed by atoms with van der Waals surface area (Å²) in [4.78, 5) is 11.2. The molecule has 0 unspecified atom stereocenters. The number of carbonyl (C=O) groups excluding carboxylic acids is 1. The number of nitriles is 1. The van der Waals surface area contributed by atoms with Crippen molar-refractivity contribution in [1.29, 1.82) is 5.26 Å². The summed E-state index contributed by atoms with van der Waals surface area (Å²) < 4.78 is 38.6. The molecular weight excluding hydrogens is 323 g/mol. The largest absolute Gasteiger partial charge is 0.504 e. The molecule has 2 N–H and O–H groups in total. The molecule has 0 saturated carbocycles. The molecule has 1 rings (SSSR count). The molecule has 0 fully saturated rings. The molecule has 6 nitrogen and oxygen atoms in total. The quantitative estimate of drug-likeness (QED) is 0.821. The Balaban J connectivity index is 3.58. The number of phenolic OH excluding ortho intramolecular Hbond substituents is 1. The lowest BCUT2D eigenvalue weighted by atomic mass is 9.95. The highest BCUT2D eigenvalue weighted by atomic mass is 32.2. The first-order valence-corrected chi connectivity index (χ1v) is 8.23. The van der Waals surface area contributed by atoms with Crippen LogP contribution in [0.25, 0.3) is 0 Å². The third-order valence-electron chi connectivity index (χ3n) is 3.09. The highest BCUT2D eigenvalue weighted by molar-refractivity contribution is 7.92. The lowest BCUT2D eigenvalue weighted by Gasteiger charge is -2.21. The molecule has 0 aliphatic heterocycles. The van der Waals surface area contributed by atoms with Crippen molar-refractivity contribution < 1.29 is 22.7 Å². The van der Waals surface area contributed by atoms with Gasteiger partial charge in [0.1, 0.15) is 11.0 Å². The van der Waals surface area contributed by atoms with E-state index in [2.05, 4.69) is 5.32 Å². The molecule has 0 aromatic heterocycles. The summed E-state index contributed by atoms with van der Waals surface area (Å²) in [6.07, 6.45) is 0. The number of benzene rings is 1. The van der Waals surface area contributed by atoms with Crippen LogP contribution in [0, 0.1) is 16.7 Å². The number of hydrogen-bond donors (Lipinski definition) is 2. The van der Waals surface area contributed by atoms with Crippen LogP contribution in [-0.4, -0.2) is 24.4 Å². The molecule has 0 aliphatic carbocycles. The number of halogens is 1. The normalized spacial score (nSPS) is 12.6. The lowest BCUT2D eigenvalue weighted by molar-refractivity contribution is -0.123. The van der Waals surface area contributed by atoms with Crippen LogP contribution in [0.15, 0.2) is 17.0 Å². The lowest BCUT2D eigenvalue weighted by Crippen LogP contribution is -2.29. The van der Waals surface area contributed by atoms with Gasteiger partial charge in [-0.1, -0.05) is 20.8 Å². The van der Waals surface area contributed by atoms with Crippen LogP contribution in [0.1, 0.15) is 40.2 Å². The van der Waals surface area contributed by atoms with Gasteiger partial charge in [0, 0.05) is 5.41 Å².